The van der Waals surface area contributed by atoms with Gasteiger partial charge in [-0.15, -0.1) is 0 Å². The highest BCUT2D eigenvalue weighted by Gasteiger charge is 2.35. The van der Waals surface area contributed by atoms with E-state index in [0.29, 0.717) is 0 Å². The van der Waals surface area contributed by atoms with E-state index in [1.54, 1.807) is 0 Å². The lowest BCUT2D eigenvalue weighted by atomic mass is 10.0. The summed E-state index contributed by atoms with van der Waals surface area (Å²) in [6, 6.07) is 7.43. The van der Waals surface area contributed by atoms with Crippen molar-refractivity contribution in [3.8, 4) is 5.75 Å². The average Bonchev–Trinajstić information content (AvgIpc) is 3.00. The number of amidine groups is 1. The number of nitrogens with two attached hydrogens (primary N) is 1. The third-order valence-corrected chi connectivity index (χ3v) is 4.64. The molecular weight excluding hydrogens is 250 g/mol. The van der Waals surface area contributed by atoms with Crippen LogP contribution < -0.4 is 10.5 Å². The summed E-state index contributed by atoms with van der Waals surface area (Å²) in [6.07, 6.45) is 4.28. The third-order valence-electron chi connectivity index (χ3n) is 4.64. The van der Waals surface area contributed by atoms with Crippen LogP contribution in [0, 0.1) is 17.2 Å². The van der Waals surface area contributed by atoms with Crippen LogP contribution in [-0.2, 0) is 0 Å². The molecule has 1 aromatic rings. The quantitative estimate of drug-likeness (QED) is 0.638. The molecule has 3 N–H and O–H groups in total. The van der Waals surface area contributed by atoms with Gasteiger partial charge in [-0.1, -0.05) is 6.42 Å². The van der Waals surface area contributed by atoms with Gasteiger partial charge in [0.25, 0.3) is 0 Å². The van der Waals surface area contributed by atoms with Crippen molar-refractivity contribution in [1.29, 1.82) is 5.41 Å². The largest absolute Gasteiger partial charge is 0.492 e. The normalized spacial score (nSPS) is 25.6. The Morgan fingerprint density at radius 2 is 1.85 bits per heavy atom. The number of nitrogens with one attached hydrogen (secondary N) is 1. The molecule has 1 aliphatic heterocycles. The van der Waals surface area contributed by atoms with Crippen molar-refractivity contribution >= 4 is 5.84 Å². The number of rotatable bonds is 5. The van der Waals surface area contributed by atoms with Gasteiger partial charge in [-0.2, -0.15) is 0 Å². The minimum absolute atomic E-state index is 0.0974. The smallest absolute Gasteiger partial charge is 0.122 e. The van der Waals surface area contributed by atoms with Crippen LogP contribution >= 0.6 is 0 Å². The van der Waals surface area contributed by atoms with Gasteiger partial charge in [-0.3, -0.25) is 10.3 Å². The fraction of sp³-hybridized carbons (Fsp3) is 0.562. The molecule has 2 aliphatic rings. The molecule has 0 aromatic heterocycles. The van der Waals surface area contributed by atoms with Crippen molar-refractivity contribution in [1.82, 2.24) is 4.90 Å². The van der Waals surface area contributed by atoms with Gasteiger partial charge in [0.05, 0.1) is 0 Å². The summed E-state index contributed by atoms with van der Waals surface area (Å²) in [4.78, 5) is 2.54. The van der Waals surface area contributed by atoms with E-state index in [1.165, 1.54) is 32.4 Å². The van der Waals surface area contributed by atoms with Crippen LogP contribution in [-0.4, -0.2) is 37.0 Å². The van der Waals surface area contributed by atoms with Gasteiger partial charge in [0.2, 0.25) is 0 Å². The molecule has 2 atom stereocenters. The SMILES string of the molecule is N=C(N)c1ccc(OCCN2CC3CCCC3C2)cc1. The molecule has 0 bridgehead atoms. The maximum Gasteiger partial charge on any atom is 0.122 e. The Morgan fingerprint density at radius 3 is 2.45 bits per heavy atom. The second-order valence-electron chi connectivity index (χ2n) is 6.00. The number of fused-ring (bicyclic) bond motifs is 1. The minimum atomic E-state index is 0.0974. The predicted molar refractivity (Wildman–Crippen MR) is 80.2 cm³/mol. The van der Waals surface area contributed by atoms with Crippen molar-refractivity contribution in [3.63, 3.8) is 0 Å². The Kier molecular flexibility index (Phi) is 3.92. The van der Waals surface area contributed by atoms with Gasteiger partial charge < -0.3 is 10.5 Å². The Bertz CT molecular complexity index is 459. The molecule has 0 radical (unpaired) electrons. The zero-order valence-corrected chi connectivity index (χ0v) is 11.8. The van der Waals surface area contributed by atoms with Gasteiger partial charge in [0, 0.05) is 25.2 Å². The first-order valence-corrected chi connectivity index (χ1v) is 7.52. The van der Waals surface area contributed by atoms with Crippen LogP contribution in [0.15, 0.2) is 24.3 Å². The lowest BCUT2D eigenvalue weighted by Crippen LogP contribution is -2.27. The van der Waals surface area contributed by atoms with Crippen molar-refractivity contribution < 1.29 is 4.74 Å². The van der Waals surface area contributed by atoms with Crippen molar-refractivity contribution in [3.05, 3.63) is 29.8 Å². The predicted octanol–water partition coefficient (Wildman–Crippen LogP) is 2.08. The van der Waals surface area contributed by atoms with E-state index in [1.807, 2.05) is 24.3 Å². The van der Waals surface area contributed by atoms with Crippen LogP contribution in [0.3, 0.4) is 0 Å². The van der Waals surface area contributed by atoms with Crippen molar-refractivity contribution in [2.24, 2.45) is 17.6 Å². The van der Waals surface area contributed by atoms with Crippen LogP contribution in [0.25, 0.3) is 0 Å². The van der Waals surface area contributed by atoms with E-state index in [2.05, 4.69) is 4.90 Å². The maximum absolute atomic E-state index is 7.35. The van der Waals surface area contributed by atoms with Gasteiger partial charge in [-0.25, -0.2) is 0 Å². The van der Waals surface area contributed by atoms with Gasteiger partial charge in [-0.05, 0) is 48.9 Å². The molecule has 20 heavy (non-hydrogen) atoms. The first-order valence-electron chi connectivity index (χ1n) is 7.52. The first kappa shape index (κ1) is 13.4. The van der Waals surface area contributed by atoms with E-state index in [9.17, 15) is 0 Å². The molecule has 0 amide bonds. The van der Waals surface area contributed by atoms with Gasteiger partial charge in [0.1, 0.15) is 18.2 Å². The van der Waals surface area contributed by atoms with Crippen LogP contribution in [0.1, 0.15) is 24.8 Å². The summed E-state index contributed by atoms with van der Waals surface area (Å²) in [5, 5.41) is 7.35. The second-order valence-corrected chi connectivity index (χ2v) is 6.00. The molecule has 0 spiro atoms. The van der Waals surface area contributed by atoms with E-state index in [4.69, 9.17) is 15.9 Å². The molecule has 4 heteroatoms. The van der Waals surface area contributed by atoms with E-state index >= 15 is 0 Å². The number of benzene rings is 1. The Hall–Kier alpha value is -1.55. The summed E-state index contributed by atoms with van der Waals surface area (Å²) in [7, 11) is 0. The number of hydrogen-bond acceptors (Lipinski definition) is 3. The molecule has 1 saturated heterocycles. The lowest BCUT2D eigenvalue weighted by Gasteiger charge is -2.17. The molecule has 1 heterocycles. The molecule has 108 valence electrons. The first-order chi connectivity index (χ1) is 9.72. The molecule has 1 aromatic carbocycles. The summed E-state index contributed by atoms with van der Waals surface area (Å²) in [5.41, 5.74) is 6.17. The summed E-state index contributed by atoms with van der Waals surface area (Å²) in [6.45, 7) is 4.27. The molecule has 3 rings (SSSR count). The molecular formula is C16H23N3O. The number of likely N-dealkylation sites (tertiary alicyclic amines) is 1. The standard InChI is InChI=1S/C16H23N3O/c17-16(18)12-4-6-15(7-5-12)20-9-8-19-10-13-2-1-3-14(13)11-19/h4-7,13-14H,1-3,8-11H2,(H3,17,18). The second kappa shape index (κ2) is 5.83. The highest BCUT2D eigenvalue weighted by atomic mass is 16.5. The van der Waals surface area contributed by atoms with E-state index in [0.717, 1.165) is 36.3 Å². The van der Waals surface area contributed by atoms with Crippen molar-refractivity contribution in [2.75, 3.05) is 26.2 Å². The molecule has 4 nitrogen and oxygen atoms in total. The molecule has 1 aliphatic carbocycles. The number of ether oxygens (including phenoxy) is 1. The lowest BCUT2D eigenvalue weighted by molar-refractivity contribution is 0.227. The monoisotopic (exact) mass is 273 g/mol. The fourth-order valence-corrected chi connectivity index (χ4v) is 3.54. The highest BCUT2D eigenvalue weighted by Crippen LogP contribution is 2.37. The van der Waals surface area contributed by atoms with E-state index in [-0.39, 0.29) is 5.84 Å². The van der Waals surface area contributed by atoms with Crippen LogP contribution in [0.2, 0.25) is 0 Å². The zero-order valence-electron chi connectivity index (χ0n) is 11.8. The average molecular weight is 273 g/mol. The summed E-state index contributed by atoms with van der Waals surface area (Å²) in [5.74, 6) is 2.85. The Balaban J connectivity index is 1.42. The Morgan fingerprint density at radius 1 is 1.20 bits per heavy atom. The van der Waals surface area contributed by atoms with Crippen molar-refractivity contribution in [2.45, 2.75) is 19.3 Å². The summed E-state index contributed by atoms with van der Waals surface area (Å²) >= 11 is 0. The highest BCUT2D eigenvalue weighted by molar-refractivity contribution is 5.94. The number of nitrogen functional groups attached to an aromatic ring is 1. The molecule has 2 fully saturated rings. The number of hydrogen-bond donors (Lipinski definition) is 2. The molecule has 2 unspecified atom stereocenters. The Labute approximate surface area is 120 Å². The van der Waals surface area contributed by atoms with E-state index < -0.39 is 0 Å². The van der Waals surface area contributed by atoms with Gasteiger partial charge in [0.15, 0.2) is 0 Å². The zero-order chi connectivity index (χ0) is 13.9. The fourth-order valence-electron chi connectivity index (χ4n) is 3.54. The minimum Gasteiger partial charge on any atom is -0.492 e. The third kappa shape index (κ3) is 2.96. The maximum atomic E-state index is 7.35. The van der Waals surface area contributed by atoms with Crippen LogP contribution in [0.4, 0.5) is 0 Å². The number of nitrogens with zero attached hydrogens (tertiary/aromatic N) is 1. The molecule has 1 saturated carbocycles. The summed E-state index contributed by atoms with van der Waals surface area (Å²) < 4.78 is 5.77. The topological polar surface area (TPSA) is 62.3 Å². The van der Waals surface area contributed by atoms with Gasteiger partial charge >= 0.3 is 0 Å². The van der Waals surface area contributed by atoms with Crippen LogP contribution in [0.5, 0.6) is 5.75 Å².